The van der Waals surface area contributed by atoms with E-state index >= 15 is 0 Å². The topological polar surface area (TPSA) is 83.0 Å². The van der Waals surface area contributed by atoms with E-state index in [-0.39, 0.29) is 0 Å². The van der Waals surface area contributed by atoms with Gasteiger partial charge in [0.2, 0.25) is 0 Å². The van der Waals surface area contributed by atoms with Crippen LogP contribution in [0.4, 0.5) is 5.82 Å². The van der Waals surface area contributed by atoms with Gasteiger partial charge < -0.3 is 10.5 Å². The SMILES string of the molecule is CC(C)(C)OC(=O)c1ccc(-n2ccc(N)n2)nc1. The van der Waals surface area contributed by atoms with Crippen molar-refractivity contribution in [2.75, 3.05) is 5.73 Å². The number of aromatic nitrogens is 3. The largest absolute Gasteiger partial charge is 0.456 e. The van der Waals surface area contributed by atoms with Gasteiger partial charge in [0.1, 0.15) is 11.4 Å². The molecule has 6 heteroatoms. The fourth-order valence-electron chi connectivity index (χ4n) is 1.44. The summed E-state index contributed by atoms with van der Waals surface area (Å²) in [6, 6.07) is 5.00. The Balaban J connectivity index is 2.17. The van der Waals surface area contributed by atoms with Crippen molar-refractivity contribution in [2.24, 2.45) is 0 Å². The van der Waals surface area contributed by atoms with Crippen LogP contribution in [0.15, 0.2) is 30.6 Å². The molecule has 2 aromatic rings. The molecule has 0 saturated carbocycles. The molecule has 2 aromatic heterocycles. The number of pyridine rings is 1. The Hall–Kier alpha value is -2.37. The van der Waals surface area contributed by atoms with Crippen LogP contribution in [0.5, 0.6) is 0 Å². The fraction of sp³-hybridized carbons (Fsp3) is 0.308. The molecule has 0 aliphatic rings. The number of carbonyl (C=O) groups is 1. The van der Waals surface area contributed by atoms with E-state index < -0.39 is 11.6 Å². The Kier molecular flexibility index (Phi) is 3.25. The number of nitrogens with two attached hydrogens (primary N) is 1. The van der Waals surface area contributed by atoms with E-state index in [2.05, 4.69) is 10.1 Å². The Morgan fingerprint density at radius 2 is 2.05 bits per heavy atom. The smallest absolute Gasteiger partial charge is 0.340 e. The second kappa shape index (κ2) is 4.72. The van der Waals surface area contributed by atoms with Gasteiger partial charge in [0.25, 0.3) is 0 Å². The summed E-state index contributed by atoms with van der Waals surface area (Å²) in [6.07, 6.45) is 3.16. The number of nitrogen functional groups attached to an aromatic ring is 1. The Bertz CT molecular complexity index is 581. The first-order chi connectivity index (χ1) is 8.85. The first-order valence-electron chi connectivity index (χ1n) is 5.86. The van der Waals surface area contributed by atoms with Crippen LogP contribution in [0, 0.1) is 0 Å². The molecule has 0 aliphatic carbocycles. The monoisotopic (exact) mass is 260 g/mol. The third kappa shape index (κ3) is 3.31. The van der Waals surface area contributed by atoms with Crippen LogP contribution in [0.1, 0.15) is 31.1 Å². The zero-order valence-electron chi connectivity index (χ0n) is 11.1. The van der Waals surface area contributed by atoms with Gasteiger partial charge in [0.15, 0.2) is 5.82 Å². The Labute approximate surface area is 111 Å². The molecule has 2 heterocycles. The lowest BCUT2D eigenvalue weighted by molar-refractivity contribution is 0.00691. The van der Waals surface area contributed by atoms with Crippen molar-refractivity contribution in [3.8, 4) is 5.82 Å². The molecule has 0 spiro atoms. The zero-order chi connectivity index (χ0) is 14.0. The van der Waals surface area contributed by atoms with Gasteiger partial charge >= 0.3 is 5.97 Å². The minimum Gasteiger partial charge on any atom is -0.456 e. The lowest BCUT2D eigenvalue weighted by atomic mass is 10.2. The summed E-state index contributed by atoms with van der Waals surface area (Å²) in [6.45, 7) is 5.46. The van der Waals surface area contributed by atoms with Crippen molar-refractivity contribution in [2.45, 2.75) is 26.4 Å². The molecule has 2 rings (SSSR count). The predicted octanol–water partition coefficient (Wildman–Crippen LogP) is 1.80. The average Bonchev–Trinajstić information content (AvgIpc) is 2.74. The first kappa shape index (κ1) is 13.1. The van der Waals surface area contributed by atoms with Gasteiger partial charge in [-0.05, 0) is 32.9 Å². The maximum atomic E-state index is 11.8. The van der Waals surface area contributed by atoms with Gasteiger partial charge in [-0.3, -0.25) is 0 Å². The molecule has 0 aromatic carbocycles. The van der Waals surface area contributed by atoms with Crippen LogP contribution >= 0.6 is 0 Å². The number of esters is 1. The molecule has 6 nitrogen and oxygen atoms in total. The van der Waals surface area contributed by atoms with Crippen LogP contribution < -0.4 is 5.73 Å². The summed E-state index contributed by atoms with van der Waals surface area (Å²) in [4.78, 5) is 16.0. The van der Waals surface area contributed by atoms with Crippen molar-refractivity contribution in [1.29, 1.82) is 0 Å². The lowest BCUT2D eigenvalue weighted by Gasteiger charge is -2.19. The summed E-state index contributed by atoms with van der Waals surface area (Å²) in [5, 5.41) is 4.03. The highest BCUT2D eigenvalue weighted by molar-refractivity contribution is 5.89. The van der Waals surface area contributed by atoms with E-state index in [1.54, 1.807) is 24.4 Å². The minimum atomic E-state index is -0.522. The van der Waals surface area contributed by atoms with Crippen LogP contribution in [0.25, 0.3) is 5.82 Å². The van der Waals surface area contributed by atoms with Crippen LogP contribution in [0.2, 0.25) is 0 Å². The van der Waals surface area contributed by atoms with E-state index in [1.165, 1.54) is 10.9 Å². The van der Waals surface area contributed by atoms with E-state index in [9.17, 15) is 4.79 Å². The molecule has 19 heavy (non-hydrogen) atoms. The van der Waals surface area contributed by atoms with E-state index in [1.807, 2.05) is 20.8 Å². The minimum absolute atomic E-state index is 0.397. The molecule has 0 saturated heterocycles. The summed E-state index contributed by atoms with van der Waals surface area (Å²) in [5.74, 6) is 0.605. The summed E-state index contributed by atoms with van der Waals surface area (Å²) in [7, 11) is 0. The average molecular weight is 260 g/mol. The molecule has 0 fully saturated rings. The Morgan fingerprint density at radius 1 is 1.32 bits per heavy atom. The number of anilines is 1. The number of carbonyl (C=O) groups excluding carboxylic acids is 1. The second-order valence-electron chi connectivity index (χ2n) is 5.09. The van der Waals surface area contributed by atoms with Crippen molar-refractivity contribution >= 4 is 11.8 Å². The van der Waals surface area contributed by atoms with Gasteiger partial charge in [0.05, 0.1) is 5.56 Å². The van der Waals surface area contributed by atoms with E-state index in [0.717, 1.165) is 0 Å². The van der Waals surface area contributed by atoms with Gasteiger partial charge in [-0.25, -0.2) is 14.5 Å². The fourth-order valence-corrected chi connectivity index (χ4v) is 1.44. The highest BCUT2D eigenvalue weighted by Crippen LogP contribution is 2.13. The van der Waals surface area contributed by atoms with Crippen molar-refractivity contribution in [1.82, 2.24) is 14.8 Å². The maximum Gasteiger partial charge on any atom is 0.340 e. The van der Waals surface area contributed by atoms with Gasteiger partial charge in [-0.15, -0.1) is 5.10 Å². The van der Waals surface area contributed by atoms with E-state index in [0.29, 0.717) is 17.2 Å². The molecule has 0 radical (unpaired) electrons. The molecular formula is C13H16N4O2. The standard InChI is InChI=1S/C13H16N4O2/c1-13(2,3)19-12(18)9-4-5-11(15-8-9)17-7-6-10(14)16-17/h4-8H,1-3H3,(H2,14,16). The quantitative estimate of drug-likeness (QED) is 0.832. The molecule has 0 unspecified atom stereocenters. The highest BCUT2D eigenvalue weighted by atomic mass is 16.6. The Morgan fingerprint density at radius 3 is 2.53 bits per heavy atom. The molecule has 100 valence electrons. The third-order valence-corrected chi connectivity index (χ3v) is 2.23. The second-order valence-corrected chi connectivity index (χ2v) is 5.09. The number of hydrogen-bond donors (Lipinski definition) is 1. The molecule has 0 amide bonds. The maximum absolute atomic E-state index is 11.8. The number of rotatable bonds is 2. The number of nitrogens with zero attached hydrogens (tertiary/aromatic N) is 3. The van der Waals surface area contributed by atoms with Gasteiger partial charge in [-0.2, -0.15) is 0 Å². The molecule has 2 N–H and O–H groups in total. The number of hydrogen-bond acceptors (Lipinski definition) is 5. The molecule has 0 atom stereocenters. The van der Waals surface area contributed by atoms with Crippen molar-refractivity contribution < 1.29 is 9.53 Å². The van der Waals surface area contributed by atoms with Crippen LogP contribution in [0.3, 0.4) is 0 Å². The zero-order valence-corrected chi connectivity index (χ0v) is 11.1. The van der Waals surface area contributed by atoms with Crippen molar-refractivity contribution in [3.05, 3.63) is 36.2 Å². The van der Waals surface area contributed by atoms with Crippen LogP contribution in [-0.2, 0) is 4.74 Å². The predicted molar refractivity (Wildman–Crippen MR) is 70.9 cm³/mol. The summed E-state index contributed by atoms with van der Waals surface area (Å²) >= 11 is 0. The summed E-state index contributed by atoms with van der Waals surface area (Å²) < 4.78 is 6.79. The van der Waals surface area contributed by atoms with Gasteiger partial charge in [-0.1, -0.05) is 0 Å². The molecule has 0 aliphatic heterocycles. The summed E-state index contributed by atoms with van der Waals surface area (Å²) in [5.41, 5.74) is 5.41. The van der Waals surface area contributed by atoms with E-state index in [4.69, 9.17) is 10.5 Å². The van der Waals surface area contributed by atoms with Gasteiger partial charge in [0, 0.05) is 18.5 Å². The normalized spacial score (nSPS) is 11.3. The highest BCUT2D eigenvalue weighted by Gasteiger charge is 2.18. The third-order valence-electron chi connectivity index (χ3n) is 2.23. The lowest BCUT2D eigenvalue weighted by Crippen LogP contribution is -2.24. The number of ether oxygens (including phenoxy) is 1. The van der Waals surface area contributed by atoms with Crippen molar-refractivity contribution in [3.63, 3.8) is 0 Å². The molecular weight excluding hydrogens is 244 g/mol. The molecule has 0 bridgehead atoms. The van der Waals surface area contributed by atoms with Crippen LogP contribution in [-0.4, -0.2) is 26.3 Å². The first-order valence-corrected chi connectivity index (χ1v) is 5.86.